The Morgan fingerprint density at radius 1 is 0.962 bits per heavy atom. The number of nitrogens with zero attached hydrogens (tertiary/aromatic N) is 2. The van der Waals surface area contributed by atoms with Crippen LogP contribution in [0.25, 0.3) is 0 Å². The van der Waals surface area contributed by atoms with E-state index in [0.29, 0.717) is 5.69 Å². The van der Waals surface area contributed by atoms with Crippen molar-refractivity contribution >= 4 is 28.9 Å². The molecule has 3 rings (SSSR count). The molecule has 2 aromatic rings. The summed E-state index contributed by atoms with van der Waals surface area (Å²) >= 11 is 0. The molecule has 0 aromatic heterocycles. The fourth-order valence-electron chi connectivity index (χ4n) is 3.42. The van der Waals surface area contributed by atoms with E-state index in [2.05, 4.69) is 17.6 Å². The summed E-state index contributed by atoms with van der Waals surface area (Å²) in [5.74, 6) is -0.166. The smallest absolute Gasteiger partial charge is 0.239 e. The van der Waals surface area contributed by atoms with Gasteiger partial charge in [-0.15, -0.1) is 0 Å². The quantitative estimate of drug-likeness (QED) is 0.885. The van der Waals surface area contributed by atoms with Crippen LogP contribution in [-0.4, -0.2) is 29.0 Å². The lowest BCUT2D eigenvalue weighted by Gasteiger charge is -2.35. The highest BCUT2D eigenvalue weighted by Crippen LogP contribution is 2.33. The summed E-state index contributed by atoms with van der Waals surface area (Å²) in [6.07, 6.45) is 0.570. The summed E-state index contributed by atoms with van der Waals surface area (Å²) in [7, 11) is 0. The number of hydrogen-bond donors (Lipinski definition) is 2. The van der Waals surface area contributed by atoms with E-state index in [9.17, 15) is 9.59 Å². The van der Waals surface area contributed by atoms with Gasteiger partial charge in [0.2, 0.25) is 11.8 Å². The molecular weight excluding hydrogens is 328 g/mol. The Bertz CT molecular complexity index is 793. The Morgan fingerprint density at radius 3 is 2.19 bits per heavy atom. The maximum atomic E-state index is 12.4. The molecule has 2 N–H and O–H groups in total. The molecule has 0 bridgehead atoms. The largest absolute Gasteiger partial charge is 0.362 e. The second-order valence-electron chi connectivity index (χ2n) is 6.52. The van der Waals surface area contributed by atoms with Crippen molar-refractivity contribution in [2.75, 3.05) is 15.6 Å². The SMILES string of the molecule is CC(=O)Nc1ccccc1N[C@@H]1C[C@H](C)N(c2ccccc2)N1C(C)=O. The Hall–Kier alpha value is -3.02. The molecule has 1 saturated heterocycles. The fourth-order valence-corrected chi connectivity index (χ4v) is 3.42. The molecule has 0 spiro atoms. The van der Waals surface area contributed by atoms with Crippen LogP contribution in [0.2, 0.25) is 0 Å². The Labute approximate surface area is 153 Å². The van der Waals surface area contributed by atoms with Gasteiger partial charge in [-0.1, -0.05) is 30.3 Å². The molecule has 2 atom stereocenters. The minimum atomic E-state index is -0.197. The second kappa shape index (κ2) is 7.47. The van der Waals surface area contributed by atoms with Gasteiger partial charge in [-0.05, 0) is 31.2 Å². The number of hydrazine groups is 1. The molecule has 0 saturated carbocycles. The van der Waals surface area contributed by atoms with E-state index in [-0.39, 0.29) is 24.0 Å². The minimum absolute atomic E-state index is 0.0345. The maximum absolute atomic E-state index is 12.4. The van der Waals surface area contributed by atoms with Crippen molar-refractivity contribution in [3.05, 3.63) is 54.6 Å². The van der Waals surface area contributed by atoms with Gasteiger partial charge in [-0.3, -0.25) is 14.6 Å². The third kappa shape index (κ3) is 3.64. The summed E-state index contributed by atoms with van der Waals surface area (Å²) in [5, 5.41) is 10.0. The van der Waals surface area contributed by atoms with Crippen LogP contribution in [0.5, 0.6) is 0 Å². The molecule has 0 radical (unpaired) electrons. The first-order chi connectivity index (χ1) is 12.5. The lowest BCUT2D eigenvalue weighted by Crippen LogP contribution is -2.48. The first-order valence-corrected chi connectivity index (χ1v) is 8.74. The van der Waals surface area contributed by atoms with Gasteiger partial charge in [-0.2, -0.15) is 0 Å². The average Bonchev–Trinajstić information content (AvgIpc) is 2.93. The van der Waals surface area contributed by atoms with Crippen molar-refractivity contribution in [2.45, 2.75) is 39.4 Å². The zero-order valence-electron chi connectivity index (χ0n) is 15.3. The number of hydrogen-bond acceptors (Lipinski definition) is 4. The molecule has 6 nitrogen and oxygen atoms in total. The Kier molecular flexibility index (Phi) is 5.11. The predicted molar refractivity (Wildman–Crippen MR) is 104 cm³/mol. The van der Waals surface area contributed by atoms with Crippen molar-refractivity contribution in [3.63, 3.8) is 0 Å². The summed E-state index contributed by atoms with van der Waals surface area (Å²) in [4.78, 5) is 23.9. The normalized spacial score (nSPS) is 19.3. The number of carbonyl (C=O) groups excluding carboxylic acids is 2. The molecule has 136 valence electrons. The van der Waals surface area contributed by atoms with Crippen LogP contribution in [0.1, 0.15) is 27.2 Å². The highest BCUT2D eigenvalue weighted by molar-refractivity contribution is 5.92. The second-order valence-corrected chi connectivity index (χ2v) is 6.52. The summed E-state index contributed by atoms with van der Waals surface area (Å²) in [6, 6.07) is 17.6. The average molecular weight is 352 g/mol. The first kappa shape index (κ1) is 17.8. The first-order valence-electron chi connectivity index (χ1n) is 8.74. The molecule has 1 aliphatic rings. The van der Waals surface area contributed by atoms with Gasteiger partial charge in [0.25, 0.3) is 0 Å². The molecule has 1 fully saturated rings. The molecule has 2 aromatic carbocycles. The number of benzene rings is 2. The van der Waals surface area contributed by atoms with E-state index in [1.807, 2.05) is 59.6 Å². The highest BCUT2D eigenvalue weighted by Gasteiger charge is 2.39. The van der Waals surface area contributed by atoms with Gasteiger partial charge in [0.05, 0.1) is 23.1 Å². The standard InChI is InChI=1S/C20H24N4O2/c1-14-13-20(22-19-12-8-7-11-18(19)21-15(2)25)24(16(3)26)23(14)17-9-5-4-6-10-17/h4-12,14,20,22H,13H2,1-3H3,(H,21,25)/t14-,20-/m0/s1. The van der Waals surface area contributed by atoms with Crippen LogP contribution >= 0.6 is 0 Å². The van der Waals surface area contributed by atoms with Crippen molar-refractivity contribution in [1.82, 2.24) is 5.01 Å². The molecule has 2 amide bonds. The molecule has 1 aliphatic heterocycles. The van der Waals surface area contributed by atoms with E-state index in [0.717, 1.165) is 17.8 Å². The van der Waals surface area contributed by atoms with Crippen molar-refractivity contribution in [1.29, 1.82) is 0 Å². The van der Waals surface area contributed by atoms with E-state index < -0.39 is 0 Å². The fraction of sp³-hybridized carbons (Fsp3) is 0.300. The zero-order valence-corrected chi connectivity index (χ0v) is 15.3. The van der Waals surface area contributed by atoms with Gasteiger partial charge in [-0.25, -0.2) is 5.01 Å². The number of carbonyl (C=O) groups is 2. The van der Waals surface area contributed by atoms with Crippen molar-refractivity contribution in [2.24, 2.45) is 0 Å². The Morgan fingerprint density at radius 2 is 1.58 bits per heavy atom. The van der Waals surface area contributed by atoms with E-state index >= 15 is 0 Å². The van der Waals surface area contributed by atoms with Gasteiger partial charge in [0.15, 0.2) is 0 Å². The third-order valence-electron chi connectivity index (χ3n) is 4.41. The number of para-hydroxylation sites is 3. The zero-order chi connectivity index (χ0) is 18.7. The number of anilines is 3. The number of nitrogens with one attached hydrogen (secondary N) is 2. The summed E-state index contributed by atoms with van der Waals surface area (Å²) in [5.41, 5.74) is 2.48. The molecule has 6 heteroatoms. The minimum Gasteiger partial charge on any atom is -0.362 e. The van der Waals surface area contributed by atoms with Crippen LogP contribution in [-0.2, 0) is 9.59 Å². The van der Waals surface area contributed by atoms with Crippen LogP contribution < -0.4 is 15.6 Å². The van der Waals surface area contributed by atoms with Crippen LogP contribution in [0.3, 0.4) is 0 Å². The van der Waals surface area contributed by atoms with Gasteiger partial charge < -0.3 is 10.6 Å². The maximum Gasteiger partial charge on any atom is 0.239 e. The molecule has 0 aliphatic carbocycles. The molecule has 26 heavy (non-hydrogen) atoms. The van der Waals surface area contributed by atoms with E-state index in [4.69, 9.17) is 0 Å². The Balaban J connectivity index is 1.89. The topological polar surface area (TPSA) is 64.7 Å². The molecule has 0 unspecified atom stereocenters. The van der Waals surface area contributed by atoms with Crippen molar-refractivity contribution in [3.8, 4) is 0 Å². The van der Waals surface area contributed by atoms with Crippen molar-refractivity contribution < 1.29 is 9.59 Å². The van der Waals surface area contributed by atoms with Gasteiger partial charge >= 0.3 is 0 Å². The third-order valence-corrected chi connectivity index (χ3v) is 4.41. The summed E-state index contributed by atoms with van der Waals surface area (Å²) < 4.78 is 0. The molecule has 1 heterocycles. The number of amides is 2. The summed E-state index contributed by atoms with van der Waals surface area (Å²) in [6.45, 7) is 5.15. The lowest BCUT2D eigenvalue weighted by atomic mass is 10.2. The van der Waals surface area contributed by atoms with Crippen LogP contribution in [0, 0.1) is 0 Å². The van der Waals surface area contributed by atoms with Crippen LogP contribution in [0.15, 0.2) is 54.6 Å². The monoisotopic (exact) mass is 352 g/mol. The van der Waals surface area contributed by atoms with E-state index in [1.54, 1.807) is 11.9 Å². The van der Waals surface area contributed by atoms with Gasteiger partial charge in [0, 0.05) is 20.3 Å². The lowest BCUT2D eigenvalue weighted by molar-refractivity contribution is -0.130. The van der Waals surface area contributed by atoms with Crippen LogP contribution in [0.4, 0.5) is 17.1 Å². The molecular formula is C20H24N4O2. The van der Waals surface area contributed by atoms with Gasteiger partial charge in [0.1, 0.15) is 6.17 Å². The predicted octanol–water partition coefficient (Wildman–Crippen LogP) is 3.45. The number of rotatable bonds is 4. The highest BCUT2D eigenvalue weighted by atomic mass is 16.2. The van der Waals surface area contributed by atoms with E-state index in [1.165, 1.54) is 6.92 Å².